The van der Waals surface area contributed by atoms with E-state index in [-0.39, 0.29) is 11.8 Å². The van der Waals surface area contributed by atoms with Crippen LogP contribution in [0.2, 0.25) is 0 Å². The number of amides is 1. The Kier molecular flexibility index (Phi) is 7.81. The summed E-state index contributed by atoms with van der Waals surface area (Å²) in [6.07, 6.45) is 6.51. The van der Waals surface area contributed by atoms with E-state index in [9.17, 15) is 4.79 Å². The zero-order valence-electron chi connectivity index (χ0n) is 13.5. The molecule has 0 aliphatic rings. The SMILES string of the molecule is C=C(C(N)=O)C(CCC)CCCC(CC)c1ccccc1. The van der Waals surface area contributed by atoms with Crippen molar-refractivity contribution in [2.75, 3.05) is 0 Å². The molecular weight excluding hydrogens is 258 g/mol. The summed E-state index contributed by atoms with van der Waals surface area (Å²) in [5, 5.41) is 0. The molecule has 0 radical (unpaired) electrons. The first-order chi connectivity index (χ1) is 10.1. The normalized spacial score (nSPS) is 13.6. The maximum atomic E-state index is 11.3. The maximum absolute atomic E-state index is 11.3. The van der Waals surface area contributed by atoms with Crippen molar-refractivity contribution in [3.05, 3.63) is 48.0 Å². The molecule has 2 atom stereocenters. The molecule has 0 saturated carbocycles. The maximum Gasteiger partial charge on any atom is 0.244 e. The Morgan fingerprint density at radius 3 is 2.33 bits per heavy atom. The summed E-state index contributed by atoms with van der Waals surface area (Å²) in [5.74, 6) is 0.514. The van der Waals surface area contributed by atoms with Gasteiger partial charge in [0.25, 0.3) is 0 Å². The lowest BCUT2D eigenvalue weighted by Gasteiger charge is -2.19. The third-order valence-corrected chi connectivity index (χ3v) is 4.32. The largest absolute Gasteiger partial charge is 0.366 e. The van der Waals surface area contributed by atoms with Gasteiger partial charge in [-0.2, -0.15) is 0 Å². The minimum absolute atomic E-state index is 0.251. The van der Waals surface area contributed by atoms with Crippen LogP contribution in [0.5, 0.6) is 0 Å². The molecule has 0 fully saturated rings. The molecule has 0 aliphatic carbocycles. The van der Waals surface area contributed by atoms with Crippen LogP contribution in [-0.2, 0) is 4.79 Å². The number of primary amides is 1. The fourth-order valence-electron chi connectivity index (χ4n) is 2.98. The zero-order valence-corrected chi connectivity index (χ0v) is 13.5. The van der Waals surface area contributed by atoms with Gasteiger partial charge in [0, 0.05) is 5.57 Å². The smallest absolute Gasteiger partial charge is 0.244 e. The Bertz CT molecular complexity index is 438. The molecule has 0 saturated heterocycles. The predicted octanol–water partition coefficient (Wildman–Crippen LogP) is 4.81. The van der Waals surface area contributed by atoms with Crippen molar-refractivity contribution in [2.45, 2.75) is 58.3 Å². The van der Waals surface area contributed by atoms with Gasteiger partial charge in [-0.1, -0.05) is 63.6 Å². The summed E-state index contributed by atoms with van der Waals surface area (Å²) in [4.78, 5) is 11.3. The molecule has 2 unspecified atom stereocenters. The van der Waals surface area contributed by atoms with Gasteiger partial charge >= 0.3 is 0 Å². The summed E-state index contributed by atoms with van der Waals surface area (Å²) in [5.41, 5.74) is 7.40. The highest BCUT2D eigenvalue weighted by atomic mass is 16.1. The number of carbonyl (C=O) groups is 1. The average Bonchev–Trinajstić information content (AvgIpc) is 2.50. The van der Waals surface area contributed by atoms with Crippen LogP contribution < -0.4 is 5.73 Å². The summed E-state index contributed by atoms with van der Waals surface area (Å²) in [6.45, 7) is 8.25. The van der Waals surface area contributed by atoms with E-state index in [1.165, 1.54) is 5.56 Å². The van der Waals surface area contributed by atoms with Crippen LogP contribution in [0.25, 0.3) is 0 Å². The van der Waals surface area contributed by atoms with Crippen molar-refractivity contribution in [2.24, 2.45) is 11.7 Å². The van der Waals surface area contributed by atoms with E-state index in [0.717, 1.165) is 38.5 Å². The van der Waals surface area contributed by atoms with Gasteiger partial charge in [-0.25, -0.2) is 0 Å². The Hall–Kier alpha value is -1.57. The fraction of sp³-hybridized carbons (Fsp3) is 0.526. The van der Waals surface area contributed by atoms with Gasteiger partial charge in [0.05, 0.1) is 0 Å². The molecule has 0 aromatic heterocycles. The number of hydrogen-bond donors (Lipinski definition) is 1. The highest BCUT2D eigenvalue weighted by Crippen LogP contribution is 2.28. The molecular formula is C19H29NO. The van der Waals surface area contributed by atoms with E-state index in [4.69, 9.17) is 5.73 Å². The minimum Gasteiger partial charge on any atom is -0.366 e. The zero-order chi connectivity index (χ0) is 15.7. The topological polar surface area (TPSA) is 43.1 Å². The quantitative estimate of drug-likeness (QED) is 0.617. The van der Waals surface area contributed by atoms with Gasteiger partial charge in [-0.05, 0) is 43.1 Å². The predicted molar refractivity (Wildman–Crippen MR) is 90.1 cm³/mol. The van der Waals surface area contributed by atoms with E-state index in [1.54, 1.807) is 0 Å². The Morgan fingerprint density at radius 2 is 1.81 bits per heavy atom. The molecule has 2 nitrogen and oxygen atoms in total. The molecule has 0 bridgehead atoms. The second kappa shape index (κ2) is 9.38. The minimum atomic E-state index is -0.344. The third kappa shape index (κ3) is 5.74. The molecule has 2 N–H and O–H groups in total. The highest BCUT2D eigenvalue weighted by molar-refractivity contribution is 5.91. The molecule has 1 aromatic carbocycles. The Morgan fingerprint density at radius 1 is 1.14 bits per heavy atom. The second-order valence-electron chi connectivity index (χ2n) is 5.82. The van der Waals surface area contributed by atoms with Gasteiger partial charge in [0.15, 0.2) is 0 Å². The van der Waals surface area contributed by atoms with Crippen molar-refractivity contribution < 1.29 is 4.79 Å². The molecule has 1 amide bonds. The average molecular weight is 287 g/mol. The molecule has 2 heteroatoms. The van der Waals surface area contributed by atoms with Gasteiger partial charge in [-0.3, -0.25) is 4.79 Å². The monoisotopic (exact) mass is 287 g/mol. The van der Waals surface area contributed by atoms with E-state index in [2.05, 4.69) is 50.8 Å². The molecule has 0 heterocycles. The van der Waals surface area contributed by atoms with Crippen LogP contribution in [0.1, 0.15) is 63.9 Å². The molecule has 0 aliphatic heterocycles. The van der Waals surface area contributed by atoms with E-state index >= 15 is 0 Å². The number of benzene rings is 1. The molecule has 1 aromatic rings. The van der Waals surface area contributed by atoms with E-state index < -0.39 is 0 Å². The molecule has 0 spiro atoms. The standard InChI is InChI=1S/C19H29NO/c1-4-10-17(15(3)19(20)21)14-9-13-16(5-2)18-11-7-6-8-12-18/h6-8,11-12,16-17H,3-5,9-10,13-14H2,1-2H3,(H2,20,21). The lowest BCUT2D eigenvalue weighted by Crippen LogP contribution is -2.20. The molecule has 1 rings (SSSR count). The molecule has 116 valence electrons. The van der Waals surface area contributed by atoms with Gasteiger partial charge in [-0.15, -0.1) is 0 Å². The summed E-state index contributed by atoms with van der Waals surface area (Å²) < 4.78 is 0. The molecule has 21 heavy (non-hydrogen) atoms. The van der Waals surface area contributed by atoms with Crippen molar-refractivity contribution in [3.8, 4) is 0 Å². The second-order valence-corrected chi connectivity index (χ2v) is 5.82. The Labute approximate surface area is 129 Å². The van der Waals surface area contributed by atoms with Crippen molar-refractivity contribution in [1.82, 2.24) is 0 Å². The lowest BCUT2D eigenvalue weighted by atomic mass is 9.86. The van der Waals surface area contributed by atoms with Crippen LogP contribution >= 0.6 is 0 Å². The van der Waals surface area contributed by atoms with Gasteiger partial charge in [0.2, 0.25) is 5.91 Å². The summed E-state index contributed by atoms with van der Waals surface area (Å²) in [7, 11) is 0. The lowest BCUT2D eigenvalue weighted by molar-refractivity contribution is -0.115. The van der Waals surface area contributed by atoms with Crippen molar-refractivity contribution >= 4 is 5.91 Å². The van der Waals surface area contributed by atoms with Crippen molar-refractivity contribution in [3.63, 3.8) is 0 Å². The number of nitrogens with two attached hydrogens (primary N) is 1. The first-order valence-electron chi connectivity index (χ1n) is 8.13. The first kappa shape index (κ1) is 17.5. The first-order valence-corrected chi connectivity index (χ1v) is 8.13. The van der Waals surface area contributed by atoms with E-state index in [0.29, 0.717) is 11.5 Å². The van der Waals surface area contributed by atoms with Crippen LogP contribution in [-0.4, -0.2) is 5.91 Å². The van der Waals surface area contributed by atoms with Gasteiger partial charge < -0.3 is 5.73 Å². The summed E-state index contributed by atoms with van der Waals surface area (Å²) >= 11 is 0. The number of rotatable bonds is 10. The fourth-order valence-corrected chi connectivity index (χ4v) is 2.98. The van der Waals surface area contributed by atoms with Crippen molar-refractivity contribution in [1.29, 1.82) is 0 Å². The van der Waals surface area contributed by atoms with Crippen LogP contribution in [0.3, 0.4) is 0 Å². The number of hydrogen-bond acceptors (Lipinski definition) is 1. The summed E-state index contributed by atoms with van der Waals surface area (Å²) in [6, 6.07) is 10.7. The highest BCUT2D eigenvalue weighted by Gasteiger charge is 2.17. The van der Waals surface area contributed by atoms with Crippen LogP contribution in [0.15, 0.2) is 42.5 Å². The van der Waals surface area contributed by atoms with Crippen LogP contribution in [0, 0.1) is 5.92 Å². The van der Waals surface area contributed by atoms with Gasteiger partial charge in [0.1, 0.15) is 0 Å². The van der Waals surface area contributed by atoms with E-state index in [1.807, 2.05) is 0 Å². The van der Waals surface area contributed by atoms with Crippen LogP contribution in [0.4, 0.5) is 0 Å². The Balaban J connectivity index is 2.52. The third-order valence-electron chi connectivity index (χ3n) is 4.32. The number of carbonyl (C=O) groups excluding carboxylic acids is 1.